The van der Waals surface area contributed by atoms with Gasteiger partial charge in [0.1, 0.15) is 6.54 Å². The number of anilines is 1. The minimum atomic E-state index is -0.208. The predicted molar refractivity (Wildman–Crippen MR) is 112 cm³/mol. The molecule has 3 rings (SSSR count). The van der Waals surface area contributed by atoms with Crippen LogP contribution in [0.1, 0.15) is 31.9 Å². The summed E-state index contributed by atoms with van der Waals surface area (Å²) in [5.41, 5.74) is 3.71. The van der Waals surface area contributed by atoms with E-state index in [0.717, 1.165) is 16.9 Å². The summed E-state index contributed by atoms with van der Waals surface area (Å²) in [5, 5.41) is 4.84. The second-order valence-corrected chi connectivity index (χ2v) is 8.39. The van der Waals surface area contributed by atoms with Crippen molar-refractivity contribution in [1.29, 1.82) is 0 Å². The van der Waals surface area contributed by atoms with Gasteiger partial charge in [0.05, 0.1) is 11.4 Å². The molecule has 140 valence electrons. The van der Waals surface area contributed by atoms with Crippen LogP contribution >= 0.6 is 11.8 Å². The van der Waals surface area contributed by atoms with Gasteiger partial charge in [-0.15, -0.1) is 11.8 Å². The van der Waals surface area contributed by atoms with Gasteiger partial charge in [0.2, 0.25) is 11.8 Å². The molecule has 0 aromatic heterocycles. The first-order chi connectivity index (χ1) is 12.8. The highest BCUT2D eigenvalue weighted by Gasteiger charge is 2.25. The van der Waals surface area contributed by atoms with Crippen LogP contribution in [0.15, 0.2) is 60.0 Å². The summed E-state index contributed by atoms with van der Waals surface area (Å²) in [7, 11) is 0. The smallest absolute Gasteiger partial charge is 0.244 e. The van der Waals surface area contributed by atoms with Gasteiger partial charge in [-0.1, -0.05) is 63.2 Å². The van der Waals surface area contributed by atoms with E-state index in [1.165, 1.54) is 17.3 Å². The molecule has 0 spiro atoms. The maximum Gasteiger partial charge on any atom is 0.244 e. The largest absolute Gasteiger partial charge is 0.325 e. The Morgan fingerprint density at radius 3 is 2.37 bits per heavy atom. The van der Waals surface area contributed by atoms with E-state index in [2.05, 4.69) is 26.1 Å². The molecule has 27 heavy (non-hydrogen) atoms. The Kier molecular flexibility index (Phi) is 5.71. The molecule has 5 heteroatoms. The first-order valence-electron chi connectivity index (χ1n) is 8.92. The van der Waals surface area contributed by atoms with Crippen molar-refractivity contribution in [3.63, 3.8) is 0 Å². The highest BCUT2D eigenvalue weighted by Crippen LogP contribution is 2.28. The van der Waals surface area contributed by atoms with E-state index in [-0.39, 0.29) is 23.8 Å². The van der Waals surface area contributed by atoms with Crippen LogP contribution in [0, 0.1) is 0 Å². The second kappa shape index (κ2) is 8.01. The fourth-order valence-corrected chi connectivity index (χ4v) is 3.67. The van der Waals surface area contributed by atoms with Crippen LogP contribution in [0.25, 0.3) is 5.70 Å². The van der Waals surface area contributed by atoms with E-state index in [4.69, 9.17) is 0 Å². The minimum Gasteiger partial charge on any atom is -0.325 e. The van der Waals surface area contributed by atoms with E-state index in [1.807, 2.05) is 60.0 Å². The molecule has 1 aliphatic rings. The van der Waals surface area contributed by atoms with Crippen LogP contribution in [0.3, 0.4) is 0 Å². The van der Waals surface area contributed by atoms with Crippen LogP contribution in [0.2, 0.25) is 0 Å². The summed E-state index contributed by atoms with van der Waals surface area (Å²) in [6.45, 7) is 6.45. The molecular weight excluding hydrogens is 356 g/mol. The third-order valence-electron chi connectivity index (χ3n) is 4.40. The number of nitrogens with one attached hydrogen (secondary N) is 1. The van der Waals surface area contributed by atoms with Gasteiger partial charge in [-0.2, -0.15) is 0 Å². The highest BCUT2D eigenvalue weighted by molar-refractivity contribution is 8.03. The summed E-state index contributed by atoms with van der Waals surface area (Å²) in [5.74, 6) is 0.0874. The topological polar surface area (TPSA) is 49.4 Å². The molecule has 0 saturated carbocycles. The zero-order chi connectivity index (χ0) is 19.4. The Balaban J connectivity index is 1.71. The van der Waals surface area contributed by atoms with Crippen molar-refractivity contribution < 1.29 is 9.59 Å². The third kappa shape index (κ3) is 4.80. The van der Waals surface area contributed by atoms with E-state index >= 15 is 0 Å². The molecule has 0 saturated heterocycles. The molecule has 1 aliphatic heterocycles. The maximum atomic E-state index is 12.5. The number of carbonyl (C=O) groups excluding carboxylic acids is 2. The average Bonchev–Trinajstić information content (AvgIpc) is 2.64. The molecule has 1 heterocycles. The molecule has 0 atom stereocenters. The van der Waals surface area contributed by atoms with Gasteiger partial charge in [0, 0.05) is 5.69 Å². The molecule has 1 N–H and O–H groups in total. The molecular formula is C22H24N2O2S. The van der Waals surface area contributed by atoms with Gasteiger partial charge in [-0.3, -0.25) is 9.59 Å². The first kappa shape index (κ1) is 19.2. The van der Waals surface area contributed by atoms with Crippen LogP contribution in [-0.4, -0.2) is 29.0 Å². The molecule has 0 aliphatic carbocycles. The number of nitrogens with zero attached hydrogens (tertiary/aromatic N) is 1. The lowest BCUT2D eigenvalue weighted by molar-refractivity contribution is -0.129. The van der Waals surface area contributed by atoms with Crippen molar-refractivity contribution in [1.82, 2.24) is 4.90 Å². The number of hydrogen-bond acceptors (Lipinski definition) is 3. The average molecular weight is 381 g/mol. The fourth-order valence-electron chi connectivity index (χ4n) is 2.87. The number of carbonyl (C=O) groups is 2. The van der Waals surface area contributed by atoms with Crippen molar-refractivity contribution in [2.24, 2.45) is 0 Å². The molecule has 0 bridgehead atoms. The molecule has 0 unspecified atom stereocenters. The standard InChI is InChI=1S/C22H24N2O2S/c1-22(2,3)17-9-11-18(12-10-17)23-20(25)13-24-19(14-27-15-21(24)26)16-7-5-4-6-8-16/h4-12,14H,13,15H2,1-3H3,(H,23,25). The zero-order valence-electron chi connectivity index (χ0n) is 15.9. The summed E-state index contributed by atoms with van der Waals surface area (Å²) in [4.78, 5) is 26.5. The predicted octanol–water partition coefficient (Wildman–Crippen LogP) is 4.50. The SMILES string of the molecule is CC(C)(C)c1ccc(NC(=O)CN2C(=O)CSC=C2c2ccccc2)cc1. The van der Waals surface area contributed by atoms with E-state index in [1.54, 1.807) is 4.90 Å². The van der Waals surface area contributed by atoms with Gasteiger partial charge in [-0.25, -0.2) is 0 Å². The number of amides is 2. The Bertz CT molecular complexity index is 852. The second-order valence-electron chi connectivity index (χ2n) is 7.54. The highest BCUT2D eigenvalue weighted by atomic mass is 32.2. The first-order valence-corrected chi connectivity index (χ1v) is 9.97. The summed E-state index contributed by atoms with van der Waals surface area (Å²) in [6, 6.07) is 17.5. The number of thioether (sulfide) groups is 1. The number of benzene rings is 2. The third-order valence-corrected chi connectivity index (χ3v) is 5.20. The van der Waals surface area contributed by atoms with Crippen molar-refractivity contribution in [2.75, 3.05) is 17.6 Å². The van der Waals surface area contributed by atoms with Crippen LogP contribution in [0.5, 0.6) is 0 Å². The minimum absolute atomic E-state index is 0.00113. The van der Waals surface area contributed by atoms with Crippen LogP contribution in [-0.2, 0) is 15.0 Å². The van der Waals surface area contributed by atoms with Gasteiger partial charge in [0.25, 0.3) is 0 Å². The summed E-state index contributed by atoms with van der Waals surface area (Å²) < 4.78 is 0. The molecule has 0 radical (unpaired) electrons. The monoisotopic (exact) mass is 380 g/mol. The van der Waals surface area contributed by atoms with Crippen LogP contribution in [0.4, 0.5) is 5.69 Å². The molecule has 0 fully saturated rings. The Labute approximate surface area is 164 Å². The molecule has 2 aromatic carbocycles. The molecule has 2 amide bonds. The van der Waals surface area contributed by atoms with E-state index in [9.17, 15) is 9.59 Å². The lowest BCUT2D eigenvalue weighted by atomic mass is 9.87. The Morgan fingerprint density at radius 1 is 1.07 bits per heavy atom. The van der Waals surface area contributed by atoms with Crippen molar-refractivity contribution >= 4 is 35.0 Å². The normalized spacial score (nSPS) is 14.7. The summed E-state index contributed by atoms with van der Waals surface area (Å²) in [6.07, 6.45) is 0. The lowest BCUT2D eigenvalue weighted by Crippen LogP contribution is -2.39. The van der Waals surface area contributed by atoms with E-state index < -0.39 is 0 Å². The Morgan fingerprint density at radius 2 is 1.74 bits per heavy atom. The van der Waals surface area contributed by atoms with E-state index in [0.29, 0.717) is 5.75 Å². The van der Waals surface area contributed by atoms with Crippen molar-refractivity contribution in [3.8, 4) is 0 Å². The zero-order valence-corrected chi connectivity index (χ0v) is 16.7. The van der Waals surface area contributed by atoms with Gasteiger partial charge >= 0.3 is 0 Å². The van der Waals surface area contributed by atoms with Crippen molar-refractivity contribution in [3.05, 3.63) is 71.1 Å². The van der Waals surface area contributed by atoms with Crippen molar-refractivity contribution in [2.45, 2.75) is 26.2 Å². The quantitative estimate of drug-likeness (QED) is 0.850. The van der Waals surface area contributed by atoms with Crippen LogP contribution < -0.4 is 5.32 Å². The van der Waals surface area contributed by atoms with Gasteiger partial charge < -0.3 is 10.2 Å². The van der Waals surface area contributed by atoms with Gasteiger partial charge in [-0.05, 0) is 34.1 Å². The van der Waals surface area contributed by atoms with Gasteiger partial charge in [0.15, 0.2) is 0 Å². The molecule has 4 nitrogen and oxygen atoms in total. The number of hydrogen-bond donors (Lipinski definition) is 1. The maximum absolute atomic E-state index is 12.5. The fraction of sp³-hybridized carbons (Fsp3) is 0.273. The molecule has 2 aromatic rings. The number of rotatable bonds is 4. The lowest BCUT2D eigenvalue weighted by Gasteiger charge is -2.28. The summed E-state index contributed by atoms with van der Waals surface area (Å²) >= 11 is 1.46. The Hall–Kier alpha value is -2.53.